The molecule has 4 heteroatoms. The highest BCUT2D eigenvalue weighted by molar-refractivity contribution is 6.32. The number of carbonyl (C=O) groups excluding carboxylic acids is 2. The minimum Gasteiger partial charge on any atom is -0.465 e. The fourth-order valence-corrected chi connectivity index (χ4v) is 2.55. The van der Waals surface area contributed by atoms with Crippen molar-refractivity contribution in [2.24, 2.45) is 0 Å². The SMILES string of the molecule is COC(=O)c1cccc2c1C(=O)c1cc(Cl)ccc1-2. The predicted octanol–water partition coefficient (Wildman–Crippen LogP) is 3.34. The second-order valence-corrected chi connectivity index (χ2v) is 4.68. The zero-order valence-electron chi connectivity index (χ0n) is 10.1. The van der Waals surface area contributed by atoms with Crippen molar-refractivity contribution in [1.82, 2.24) is 0 Å². The maximum Gasteiger partial charge on any atom is 0.338 e. The van der Waals surface area contributed by atoms with Crippen LogP contribution < -0.4 is 0 Å². The molecular formula is C15H9ClO3. The van der Waals surface area contributed by atoms with Gasteiger partial charge in [-0.1, -0.05) is 29.8 Å². The van der Waals surface area contributed by atoms with Gasteiger partial charge in [0.25, 0.3) is 0 Å². The molecule has 2 aromatic carbocycles. The molecule has 0 fully saturated rings. The van der Waals surface area contributed by atoms with E-state index >= 15 is 0 Å². The average molecular weight is 273 g/mol. The quantitative estimate of drug-likeness (QED) is 0.638. The molecule has 0 heterocycles. The Labute approximate surface area is 114 Å². The van der Waals surface area contributed by atoms with E-state index in [1.807, 2.05) is 6.07 Å². The van der Waals surface area contributed by atoms with Crippen molar-refractivity contribution in [3.8, 4) is 11.1 Å². The molecule has 0 unspecified atom stereocenters. The van der Waals surface area contributed by atoms with Gasteiger partial charge < -0.3 is 4.74 Å². The Hall–Kier alpha value is -2.13. The third-order valence-electron chi connectivity index (χ3n) is 3.21. The minimum atomic E-state index is -0.510. The molecule has 0 saturated heterocycles. The van der Waals surface area contributed by atoms with Gasteiger partial charge in [0.15, 0.2) is 5.78 Å². The third kappa shape index (κ3) is 1.66. The first-order valence-corrected chi connectivity index (χ1v) is 6.07. The topological polar surface area (TPSA) is 43.4 Å². The Kier molecular flexibility index (Phi) is 2.64. The van der Waals surface area contributed by atoms with Crippen molar-refractivity contribution in [2.45, 2.75) is 0 Å². The van der Waals surface area contributed by atoms with E-state index < -0.39 is 5.97 Å². The van der Waals surface area contributed by atoms with Crippen molar-refractivity contribution >= 4 is 23.4 Å². The molecule has 3 rings (SSSR count). The van der Waals surface area contributed by atoms with Crippen LogP contribution in [0.4, 0.5) is 0 Å². The van der Waals surface area contributed by atoms with E-state index in [1.54, 1.807) is 30.3 Å². The van der Waals surface area contributed by atoms with Gasteiger partial charge in [-0.25, -0.2) is 4.79 Å². The summed E-state index contributed by atoms with van der Waals surface area (Å²) in [5.74, 6) is -0.697. The molecule has 0 amide bonds. The largest absolute Gasteiger partial charge is 0.465 e. The maximum absolute atomic E-state index is 12.4. The Morgan fingerprint density at radius 3 is 2.63 bits per heavy atom. The van der Waals surface area contributed by atoms with Gasteiger partial charge in [0.1, 0.15) is 0 Å². The molecule has 1 aliphatic rings. The van der Waals surface area contributed by atoms with E-state index in [2.05, 4.69) is 0 Å². The van der Waals surface area contributed by atoms with Gasteiger partial charge >= 0.3 is 5.97 Å². The first-order valence-electron chi connectivity index (χ1n) is 5.69. The summed E-state index contributed by atoms with van der Waals surface area (Å²) < 4.78 is 4.72. The van der Waals surface area contributed by atoms with Crippen LogP contribution in [0.25, 0.3) is 11.1 Å². The van der Waals surface area contributed by atoms with Crippen LogP contribution >= 0.6 is 11.6 Å². The molecule has 0 N–H and O–H groups in total. The number of ketones is 1. The molecule has 19 heavy (non-hydrogen) atoms. The fraction of sp³-hybridized carbons (Fsp3) is 0.0667. The molecular weight excluding hydrogens is 264 g/mol. The zero-order valence-corrected chi connectivity index (χ0v) is 10.8. The summed E-state index contributed by atoms with van der Waals surface area (Å²) in [6.07, 6.45) is 0. The number of benzene rings is 2. The molecule has 0 bridgehead atoms. The first-order chi connectivity index (χ1) is 9.13. The predicted molar refractivity (Wildman–Crippen MR) is 71.7 cm³/mol. The molecule has 0 saturated carbocycles. The van der Waals surface area contributed by atoms with Gasteiger partial charge in [0, 0.05) is 16.1 Å². The van der Waals surface area contributed by atoms with E-state index in [-0.39, 0.29) is 11.3 Å². The van der Waals surface area contributed by atoms with E-state index in [0.717, 1.165) is 11.1 Å². The summed E-state index contributed by atoms with van der Waals surface area (Å²) >= 11 is 5.92. The highest BCUT2D eigenvalue weighted by atomic mass is 35.5. The highest BCUT2D eigenvalue weighted by Gasteiger charge is 2.31. The number of ether oxygens (including phenoxy) is 1. The van der Waals surface area contributed by atoms with Crippen molar-refractivity contribution in [1.29, 1.82) is 0 Å². The van der Waals surface area contributed by atoms with Crippen LogP contribution in [0, 0.1) is 0 Å². The van der Waals surface area contributed by atoms with E-state index in [9.17, 15) is 9.59 Å². The molecule has 3 nitrogen and oxygen atoms in total. The molecule has 1 aliphatic carbocycles. The zero-order chi connectivity index (χ0) is 13.6. The molecule has 0 atom stereocenters. The highest BCUT2D eigenvalue weighted by Crippen LogP contribution is 2.39. The lowest BCUT2D eigenvalue weighted by Gasteiger charge is -2.04. The third-order valence-corrected chi connectivity index (χ3v) is 3.45. The van der Waals surface area contributed by atoms with Crippen LogP contribution in [-0.2, 0) is 4.74 Å². The van der Waals surface area contributed by atoms with Gasteiger partial charge in [-0.15, -0.1) is 0 Å². The molecule has 94 valence electrons. The standard InChI is InChI=1S/C15H9ClO3/c1-19-15(18)11-4-2-3-10-9-6-5-8(16)7-12(9)14(17)13(10)11/h2-7H,1H3. The van der Waals surface area contributed by atoms with Crippen molar-refractivity contribution in [2.75, 3.05) is 7.11 Å². The summed E-state index contributed by atoms with van der Waals surface area (Å²) in [6, 6.07) is 10.3. The van der Waals surface area contributed by atoms with Crippen LogP contribution in [0.3, 0.4) is 0 Å². The Morgan fingerprint density at radius 2 is 1.89 bits per heavy atom. The number of fused-ring (bicyclic) bond motifs is 3. The average Bonchev–Trinajstić information content (AvgIpc) is 2.71. The number of carbonyl (C=O) groups is 2. The molecule has 0 aromatic heterocycles. The van der Waals surface area contributed by atoms with Gasteiger partial charge in [-0.05, 0) is 29.3 Å². The van der Waals surface area contributed by atoms with Gasteiger partial charge in [0.2, 0.25) is 0 Å². The van der Waals surface area contributed by atoms with Crippen LogP contribution in [0.5, 0.6) is 0 Å². The summed E-state index contributed by atoms with van der Waals surface area (Å²) in [5, 5.41) is 0.500. The normalized spacial score (nSPS) is 12.0. The lowest BCUT2D eigenvalue weighted by atomic mass is 10.0. The van der Waals surface area contributed by atoms with Crippen molar-refractivity contribution in [3.05, 3.63) is 58.1 Å². The number of halogens is 1. The first kappa shape index (κ1) is 11.9. The molecule has 2 aromatic rings. The lowest BCUT2D eigenvalue weighted by molar-refractivity contribution is 0.0598. The summed E-state index contributed by atoms with van der Waals surface area (Å²) in [7, 11) is 1.30. The Bertz CT molecular complexity index is 719. The monoisotopic (exact) mass is 272 g/mol. The second kappa shape index (κ2) is 4.21. The number of hydrogen-bond acceptors (Lipinski definition) is 3. The van der Waals surface area contributed by atoms with E-state index in [0.29, 0.717) is 16.1 Å². The summed E-state index contributed by atoms with van der Waals surface area (Å²) in [4.78, 5) is 24.2. The molecule has 0 spiro atoms. The van der Waals surface area contributed by atoms with Gasteiger partial charge in [-0.2, -0.15) is 0 Å². The Balaban J connectivity index is 2.30. The van der Waals surface area contributed by atoms with Crippen LogP contribution in [0.2, 0.25) is 5.02 Å². The number of esters is 1. The lowest BCUT2D eigenvalue weighted by Crippen LogP contribution is -2.08. The number of hydrogen-bond donors (Lipinski definition) is 0. The van der Waals surface area contributed by atoms with E-state index in [1.165, 1.54) is 7.11 Å². The minimum absolute atomic E-state index is 0.187. The Morgan fingerprint density at radius 1 is 1.11 bits per heavy atom. The van der Waals surface area contributed by atoms with Gasteiger partial charge in [-0.3, -0.25) is 4.79 Å². The van der Waals surface area contributed by atoms with E-state index in [4.69, 9.17) is 16.3 Å². The summed E-state index contributed by atoms with van der Waals surface area (Å²) in [5.41, 5.74) is 2.76. The second-order valence-electron chi connectivity index (χ2n) is 4.24. The van der Waals surface area contributed by atoms with Crippen LogP contribution in [-0.4, -0.2) is 18.9 Å². The number of methoxy groups -OCH3 is 1. The van der Waals surface area contributed by atoms with Crippen LogP contribution in [0.15, 0.2) is 36.4 Å². The van der Waals surface area contributed by atoms with Crippen molar-refractivity contribution < 1.29 is 14.3 Å². The molecule has 0 aliphatic heterocycles. The maximum atomic E-state index is 12.4. The number of rotatable bonds is 1. The fourth-order valence-electron chi connectivity index (χ4n) is 2.38. The smallest absolute Gasteiger partial charge is 0.338 e. The van der Waals surface area contributed by atoms with Gasteiger partial charge in [0.05, 0.1) is 12.7 Å². The summed E-state index contributed by atoms with van der Waals surface area (Å²) in [6.45, 7) is 0. The van der Waals surface area contributed by atoms with Crippen molar-refractivity contribution in [3.63, 3.8) is 0 Å². The molecule has 0 radical (unpaired) electrons. The van der Waals surface area contributed by atoms with Crippen LogP contribution in [0.1, 0.15) is 26.3 Å².